The number of nitrogens with one attached hydrogen (secondary N) is 1. The van der Waals surface area contributed by atoms with Crippen LogP contribution in [-0.4, -0.2) is 18.7 Å². The Morgan fingerprint density at radius 2 is 1.94 bits per heavy atom. The highest BCUT2D eigenvalue weighted by Crippen LogP contribution is 2.25. The SMILES string of the molecule is Cc1ccc(OCCCCNC(C)(C)C)c(Cl)c1. The van der Waals surface area contributed by atoms with Gasteiger partial charge in [-0.3, -0.25) is 0 Å². The van der Waals surface area contributed by atoms with E-state index in [2.05, 4.69) is 26.1 Å². The fourth-order valence-corrected chi connectivity index (χ4v) is 1.89. The summed E-state index contributed by atoms with van der Waals surface area (Å²) in [6.45, 7) is 10.3. The van der Waals surface area contributed by atoms with Crippen LogP contribution in [0.1, 0.15) is 39.2 Å². The Morgan fingerprint density at radius 1 is 1.22 bits per heavy atom. The molecule has 0 aromatic heterocycles. The highest BCUT2D eigenvalue weighted by atomic mass is 35.5. The Morgan fingerprint density at radius 3 is 2.56 bits per heavy atom. The largest absolute Gasteiger partial charge is 0.492 e. The number of unbranched alkanes of at least 4 members (excludes halogenated alkanes) is 1. The molecule has 0 spiro atoms. The summed E-state index contributed by atoms with van der Waals surface area (Å²) in [4.78, 5) is 0. The lowest BCUT2D eigenvalue weighted by Crippen LogP contribution is -2.36. The summed E-state index contributed by atoms with van der Waals surface area (Å²) in [7, 11) is 0. The van der Waals surface area contributed by atoms with Crippen LogP contribution in [0.15, 0.2) is 18.2 Å². The number of benzene rings is 1. The lowest BCUT2D eigenvalue weighted by atomic mass is 10.1. The van der Waals surface area contributed by atoms with Gasteiger partial charge in [0.2, 0.25) is 0 Å². The Kier molecular flexibility index (Phi) is 5.97. The van der Waals surface area contributed by atoms with Gasteiger partial charge < -0.3 is 10.1 Å². The molecule has 0 aliphatic carbocycles. The summed E-state index contributed by atoms with van der Waals surface area (Å²) in [5.41, 5.74) is 1.35. The first-order valence-corrected chi connectivity index (χ1v) is 6.90. The molecule has 0 radical (unpaired) electrons. The van der Waals surface area contributed by atoms with Crippen LogP contribution in [0, 0.1) is 6.92 Å². The molecule has 0 fully saturated rings. The summed E-state index contributed by atoms with van der Waals surface area (Å²) >= 11 is 6.09. The number of hydrogen-bond acceptors (Lipinski definition) is 2. The third-order valence-electron chi connectivity index (χ3n) is 2.57. The molecule has 0 aliphatic rings. The van der Waals surface area contributed by atoms with Crippen LogP contribution in [0.25, 0.3) is 0 Å². The van der Waals surface area contributed by atoms with Crippen molar-refractivity contribution in [1.82, 2.24) is 5.32 Å². The number of aryl methyl sites for hydroxylation is 1. The second-order valence-corrected chi connectivity index (χ2v) is 6.07. The summed E-state index contributed by atoms with van der Waals surface area (Å²) in [5, 5.41) is 4.15. The summed E-state index contributed by atoms with van der Waals surface area (Å²) in [5.74, 6) is 0.783. The Labute approximate surface area is 116 Å². The predicted octanol–water partition coefficient (Wildman–Crippen LogP) is 4.20. The maximum Gasteiger partial charge on any atom is 0.137 e. The van der Waals surface area contributed by atoms with Crippen molar-refractivity contribution in [2.45, 2.75) is 46.1 Å². The molecule has 1 aromatic rings. The zero-order chi connectivity index (χ0) is 13.6. The van der Waals surface area contributed by atoms with E-state index in [0.717, 1.165) is 30.7 Å². The third-order valence-corrected chi connectivity index (χ3v) is 2.87. The van der Waals surface area contributed by atoms with Crippen LogP contribution in [0.4, 0.5) is 0 Å². The predicted molar refractivity (Wildman–Crippen MR) is 78.7 cm³/mol. The molecule has 0 saturated carbocycles. The highest BCUT2D eigenvalue weighted by Gasteiger charge is 2.07. The van der Waals surface area contributed by atoms with Gasteiger partial charge in [-0.15, -0.1) is 0 Å². The van der Waals surface area contributed by atoms with E-state index in [1.807, 2.05) is 25.1 Å². The Bertz CT molecular complexity index is 371. The summed E-state index contributed by atoms with van der Waals surface area (Å²) in [6.07, 6.45) is 2.15. The molecule has 1 aromatic carbocycles. The van der Waals surface area contributed by atoms with Crippen LogP contribution in [0.3, 0.4) is 0 Å². The van der Waals surface area contributed by atoms with Gasteiger partial charge in [-0.1, -0.05) is 17.7 Å². The number of hydrogen-bond donors (Lipinski definition) is 1. The van der Waals surface area contributed by atoms with Gasteiger partial charge in [-0.05, 0) is 64.8 Å². The van der Waals surface area contributed by atoms with Crippen LogP contribution in [-0.2, 0) is 0 Å². The summed E-state index contributed by atoms with van der Waals surface area (Å²) < 4.78 is 5.66. The van der Waals surface area contributed by atoms with Crippen molar-refractivity contribution < 1.29 is 4.74 Å². The molecule has 3 heteroatoms. The fraction of sp³-hybridized carbons (Fsp3) is 0.600. The van der Waals surface area contributed by atoms with Crippen LogP contribution >= 0.6 is 11.6 Å². The van der Waals surface area contributed by atoms with Crippen LogP contribution < -0.4 is 10.1 Å². The Hall–Kier alpha value is -0.730. The van der Waals surface area contributed by atoms with Gasteiger partial charge in [0.25, 0.3) is 0 Å². The number of rotatable bonds is 6. The third kappa shape index (κ3) is 6.27. The van der Waals surface area contributed by atoms with Crippen molar-refractivity contribution in [2.24, 2.45) is 0 Å². The second-order valence-electron chi connectivity index (χ2n) is 5.67. The van der Waals surface area contributed by atoms with Gasteiger partial charge in [-0.25, -0.2) is 0 Å². The number of ether oxygens (including phenoxy) is 1. The maximum absolute atomic E-state index is 6.09. The smallest absolute Gasteiger partial charge is 0.137 e. The summed E-state index contributed by atoms with van der Waals surface area (Å²) in [6, 6.07) is 5.88. The van der Waals surface area contributed by atoms with Gasteiger partial charge in [0, 0.05) is 5.54 Å². The molecular weight excluding hydrogens is 246 g/mol. The van der Waals surface area contributed by atoms with Gasteiger partial charge in [0.15, 0.2) is 0 Å². The van der Waals surface area contributed by atoms with E-state index in [1.54, 1.807) is 0 Å². The molecule has 1 N–H and O–H groups in total. The van der Waals surface area contributed by atoms with Crippen molar-refractivity contribution in [3.63, 3.8) is 0 Å². The molecule has 0 heterocycles. The van der Waals surface area contributed by atoms with E-state index in [-0.39, 0.29) is 5.54 Å². The zero-order valence-corrected chi connectivity index (χ0v) is 12.6. The minimum absolute atomic E-state index is 0.196. The molecule has 0 atom stereocenters. The molecule has 0 amide bonds. The topological polar surface area (TPSA) is 21.3 Å². The second kappa shape index (κ2) is 7.01. The fourth-order valence-electron chi connectivity index (χ4n) is 1.60. The average molecular weight is 270 g/mol. The quantitative estimate of drug-likeness (QED) is 0.782. The first-order chi connectivity index (χ1) is 8.38. The van der Waals surface area contributed by atoms with Gasteiger partial charge in [-0.2, -0.15) is 0 Å². The van der Waals surface area contributed by atoms with Crippen molar-refractivity contribution in [2.75, 3.05) is 13.2 Å². The number of halogens is 1. The van der Waals surface area contributed by atoms with E-state index in [9.17, 15) is 0 Å². The van der Waals surface area contributed by atoms with E-state index < -0.39 is 0 Å². The molecule has 102 valence electrons. The van der Waals surface area contributed by atoms with E-state index >= 15 is 0 Å². The lowest BCUT2D eigenvalue weighted by Gasteiger charge is -2.20. The van der Waals surface area contributed by atoms with E-state index in [4.69, 9.17) is 16.3 Å². The molecule has 0 bridgehead atoms. The van der Waals surface area contributed by atoms with Crippen LogP contribution in [0.5, 0.6) is 5.75 Å². The molecule has 1 rings (SSSR count). The van der Waals surface area contributed by atoms with Crippen LogP contribution in [0.2, 0.25) is 5.02 Å². The van der Waals surface area contributed by atoms with Crippen molar-refractivity contribution >= 4 is 11.6 Å². The van der Waals surface area contributed by atoms with Crippen molar-refractivity contribution in [1.29, 1.82) is 0 Å². The average Bonchev–Trinajstić information content (AvgIpc) is 2.24. The van der Waals surface area contributed by atoms with E-state index in [0.29, 0.717) is 11.6 Å². The van der Waals surface area contributed by atoms with E-state index in [1.165, 1.54) is 0 Å². The first-order valence-electron chi connectivity index (χ1n) is 6.52. The maximum atomic E-state index is 6.09. The zero-order valence-electron chi connectivity index (χ0n) is 11.8. The first kappa shape index (κ1) is 15.3. The standard InChI is InChI=1S/C15H24ClNO/c1-12-7-8-14(13(16)11-12)18-10-6-5-9-17-15(2,3)4/h7-8,11,17H,5-6,9-10H2,1-4H3. The molecule has 2 nitrogen and oxygen atoms in total. The molecule has 18 heavy (non-hydrogen) atoms. The molecule has 0 unspecified atom stereocenters. The molecule has 0 saturated heterocycles. The molecule has 0 aliphatic heterocycles. The minimum Gasteiger partial charge on any atom is -0.492 e. The minimum atomic E-state index is 0.196. The monoisotopic (exact) mass is 269 g/mol. The highest BCUT2D eigenvalue weighted by molar-refractivity contribution is 6.32. The lowest BCUT2D eigenvalue weighted by molar-refractivity contribution is 0.301. The van der Waals surface area contributed by atoms with Crippen molar-refractivity contribution in [3.8, 4) is 5.75 Å². The van der Waals surface area contributed by atoms with Gasteiger partial charge in [0.1, 0.15) is 5.75 Å². The van der Waals surface area contributed by atoms with Gasteiger partial charge >= 0.3 is 0 Å². The molecular formula is C15H24ClNO. The van der Waals surface area contributed by atoms with Crippen molar-refractivity contribution in [3.05, 3.63) is 28.8 Å². The normalized spacial score (nSPS) is 11.6. The van der Waals surface area contributed by atoms with Gasteiger partial charge in [0.05, 0.1) is 11.6 Å². The Balaban J connectivity index is 2.18.